The van der Waals surface area contributed by atoms with Gasteiger partial charge in [-0.2, -0.15) is 0 Å². The van der Waals surface area contributed by atoms with Crippen LogP contribution in [-0.2, 0) is 4.74 Å². The van der Waals surface area contributed by atoms with Gasteiger partial charge in [-0.25, -0.2) is 0 Å². The van der Waals surface area contributed by atoms with E-state index in [-0.39, 0.29) is 23.1 Å². The number of hydrogen-bond acceptors (Lipinski definition) is 3. The highest BCUT2D eigenvalue weighted by Gasteiger charge is 2.21. The molecule has 1 aromatic heterocycles. The summed E-state index contributed by atoms with van der Waals surface area (Å²) in [7, 11) is 1.72. The van der Waals surface area contributed by atoms with Gasteiger partial charge in [0.15, 0.2) is 0 Å². The number of amides is 1. The monoisotopic (exact) mass is 340 g/mol. The third kappa shape index (κ3) is 4.17. The van der Waals surface area contributed by atoms with Crippen molar-refractivity contribution in [2.45, 2.75) is 32.3 Å². The van der Waals surface area contributed by atoms with Crippen LogP contribution in [0, 0.1) is 6.92 Å². The quantitative estimate of drug-likeness (QED) is 0.931. The number of pyridine rings is 1. The average molecular weight is 340 g/mol. The topological polar surface area (TPSA) is 62.4 Å². The van der Waals surface area contributed by atoms with E-state index < -0.39 is 0 Å². The van der Waals surface area contributed by atoms with Crippen molar-refractivity contribution < 1.29 is 9.53 Å². The van der Waals surface area contributed by atoms with Gasteiger partial charge in [0, 0.05) is 25.9 Å². The van der Waals surface area contributed by atoms with Crippen LogP contribution in [0.5, 0.6) is 0 Å². The highest BCUT2D eigenvalue weighted by atomic mass is 16.5. The van der Waals surface area contributed by atoms with Crippen LogP contribution in [0.25, 0.3) is 11.3 Å². The highest BCUT2D eigenvalue weighted by Crippen LogP contribution is 2.18. The molecule has 1 aliphatic heterocycles. The molecule has 0 unspecified atom stereocenters. The molecule has 0 bridgehead atoms. The van der Waals surface area contributed by atoms with Crippen LogP contribution in [0.3, 0.4) is 0 Å². The van der Waals surface area contributed by atoms with Gasteiger partial charge >= 0.3 is 0 Å². The summed E-state index contributed by atoms with van der Waals surface area (Å²) >= 11 is 0. The van der Waals surface area contributed by atoms with Crippen molar-refractivity contribution in [3.8, 4) is 11.3 Å². The van der Waals surface area contributed by atoms with Gasteiger partial charge in [-0.05, 0) is 49.9 Å². The Balaban J connectivity index is 1.75. The standard InChI is InChI=1S/C20H24N2O3/c1-14-6-5-7-15(12-14)18-10-9-17(19(23)21-18)20(24)22(2)13-16-8-3-4-11-25-16/h5-7,9-10,12,16H,3-4,8,11,13H2,1-2H3,(H,21,23)/t16-/m1/s1. The molecule has 1 atom stereocenters. The Labute approximate surface area is 147 Å². The molecule has 0 spiro atoms. The predicted octanol–water partition coefficient (Wildman–Crippen LogP) is 2.99. The molecule has 0 saturated carbocycles. The average Bonchev–Trinajstić information content (AvgIpc) is 2.62. The first kappa shape index (κ1) is 17.4. The third-order valence-electron chi connectivity index (χ3n) is 4.57. The summed E-state index contributed by atoms with van der Waals surface area (Å²) in [5.74, 6) is -0.272. The summed E-state index contributed by atoms with van der Waals surface area (Å²) in [5, 5.41) is 0. The molecular formula is C20H24N2O3. The first-order chi connectivity index (χ1) is 12.0. The Morgan fingerprint density at radius 1 is 1.28 bits per heavy atom. The number of hydrogen-bond donors (Lipinski definition) is 1. The van der Waals surface area contributed by atoms with Crippen molar-refractivity contribution in [2.24, 2.45) is 0 Å². The molecule has 132 valence electrons. The number of H-pyrrole nitrogens is 1. The normalized spacial score (nSPS) is 17.3. The molecule has 1 amide bonds. The lowest BCUT2D eigenvalue weighted by atomic mass is 10.1. The molecule has 5 nitrogen and oxygen atoms in total. The van der Waals surface area contributed by atoms with Crippen LogP contribution in [0.15, 0.2) is 41.2 Å². The van der Waals surface area contributed by atoms with E-state index in [4.69, 9.17) is 4.74 Å². The zero-order valence-electron chi connectivity index (χ0n) is 14.7. The lowest BCUT2D eigenvalue weighted by molar-refractivity contribution is -0.000220. The van der Waals surface area contributed by atoms with E-state index in [0.717, 1.165) is 37.0 Å². The van der Waals surface area contributed by atoms with Gasteiger partial charge in [0.1, 0.15) is 5.56 Å². The third-order valence-corrected chi connectivity index (χ3v) is 4.57. The van der Waals surface area contributed by atoms with Crippen LogP contribution in [0.2, 0.25) is 0 Å². The fourth-order valence-electron chi connectivity index (χ4n) is 3.17. The van der Waals surface area contributed by atoms with Crippen molar-refractivity contribution in [1.82, 2.24) is 9.88 Å². The zero-order valence-corrected chi connectivity index (χ0v) is 14.7. The summed E-state index contributed by atoms with van der Waals surface area (Å²) in [6.45, 7) is 3.26. The number of aryl methyl sites for hydroxylation is 1. The molecule has 1 aliphatic rings. The van der Waals surface area contributed by atoms with E-state index in [1.165, 1.54) is 0 Å². The van der Waals surface area contributed by atoms with Crippen LogP contribution in [0.4, 0.5) is 0 Å². The minimum absolute atomic E-state index is 0.0633. The number of carbonyl (C=O) groups excluding carboxylic acids is 1. The summed E-state index contributed by atoms with van der Waals surface area (Å²) in [5.41, 5.74) is 2.56. The number of likely N-dealkylation sites (N-methyl/N-ethyl adjacent to an activating group) is 1. The first-order valence-corrected chi connectivity index (χ1v) is 8.72. The smallest absolute Gasteiger partial charge is 0.261 e. The van der Waals surface area contributed by atoms with Crippen molar-refractivity contribution in [3.63, 3.8) is 0 Å². The van der Waals surface area contributed by atoms with Gasteiger partial charge in [-0.3, -0.25) is 9.59 Å². The summed E-state index contributed by atoms with van der Waals surface area (Å²) in [4.78, 5) is 29.4. The van der Waals surface area contributed by atoms with E-state index in [2.05, 4.69) is 4.98 Å². The summed E-state index contributed by atoms with van der Waals surface area (Å²) in [6, 6.07) is 11.3. The zero-order chi connectivity index (χ0) is 17.8. The Morgan fingerprint density at radius 3 is 2.80 bits per heavy atom. The minimum Gasteiger partial charge on any atom is -0.376 e. The summed E-state index contributed by atoms with van der Waals surface area (Å²) in [6.07, 6.45) is 3.22. The Morgan fingerprint density at radius 2 is 2.12 bits per heavy atom. The number of rotatable bonds is 4. The van der Waals surface area contributed by atoms with E-state index >= 15 is 0 Å². The molecule has 1 saturated heterocycles. The molecule has 1 aromatic carbocycles. The Hall–Kier alpha value is -2.40. The molecule has 0 radical (unpaired) electrons. The Kier molecular flexibility index (Phi) is 5.34. The van der Waals surface area contributed by atoms with Crippen molar-refractivity contribution >= 4 is 5.91 Å². The molecule has 1 fully saturated rings. The van der Waals surface area contributed by atoms with Gasteiger partial charge in [-0.15, -0.1) is 0 Å². The maximum Gasteiger partial charge on any atom is 0.261 e. The molecule has 2 heterocycles. The number of ether oxygens (including phenoxy) is 1. The SMILES string of the molecule is Cc1cccc(-c2ccc(C(=O)N(C)C[C@H]3CCCCO3)c(=O)[nH]2)c1. The molecule has 25 heavy (non-hydrogen) atoms. The number of aromatic nitrogens is 1. The first-order valence-electron chi connectivity index (χ1n) is 8.72. The maximum absolute atomic E-state index is 12.6. The van der Waals surface area contributed by atoms with Crippen LogP contribution >= 0.6 is 0 Å². The van der Waals surface area contributed by atoms with Gasteiger partial charge in [0.2, 0.25) is 0 Å². The lowest BCUT2D eigenvalue weighted by Gasteiger charge is -2.27. The van der Waals surface area contributed by atoms with Gasteiger partial charge < -0.3 is 14.6 Å². The molecule has 0 aliphatic carbocycles. The second-order valence-corrected chi connectivity index (χ2v) is 6.66. The second-order valence-electron chi connectivity index (χ2n) is 6.66. The lowest BCUT2D eigenvalue weighted by Crippen LogP contribution is -2.39. The van der Waals surface area contributed by atoms with Crippen molar-refractivity contribution in [3.05, 3.63) is 57.9 Å². The number of nitrogens with zero attached hydrogens (tertiary/aromatic N) is 1. The molecule has 2 aromatic rings. The van der Waals surface area contributed by atoms with Gasteiger partial charge in [0.25, 0.3) is 11.5 Å². The number of benzene rings is 1. The minimum atomic E-state index is -0.361. The number of aromatic amines is 1. The predicted molar refractivity (Wildman–Crippen MR) is 97.8 cm³/mol. The van der Waals surface area contributed by atoms with Crippen LogP contribution < -0.4 is 5.56 Å². The largest absolute Gasteiger partial charge is 0.376 e. The fraction of sp³-hybridized carbons (Fsp3) is 0.400. The fourth-order valence-corrected chi connectivity index (χ4v) is 3.17. The van der Waals surface area contributed by atoms with Crippen LogP contribution in [-0.4, -0.2) is 42.1 Å². The second kappa shape index (κ2) is 7.66. The Bertz CT molecular complexity index is 807. The molecular weight excluding hydrogens is 316 g/mol. The van der Waals surface area contributed by atoms with Gasteiger partial charge in [0.05, 0.1) is 6.10 Å². The number of nitrogens with one attached hydrogen (secondary N) is 1. The molecule has 3 rings (SSSR count). The van der Waals surface area contributed by atoms with E-state index in [9.17, 15) is 9.59 Å². The van der Waals surface area contributed by atoms with Gasteiger partial charge in [-0.1, -0.05) is 23.8 Å². The van der Waals surface area contributed by atoms with E-state index in [0.29, 0.717) is 12.2 Å². The van der Waals surface area contributed by atoms with Crippen LogP contribution in [0.1, 0.15) is 35.2 Å². The maximum atomic E-state index is 12.6. The van der Waals surface area contributed by atoms with Crippen molar-refractivity contribution in [2.75, 3.05) is 20.2 Å². The molecule has 5 heteroatoms. The highest BCUT2D eigenvalue weighted by molar-refractivity contribution is 5.94. The summed E-state index contributed by atoms with van der Waals surface area (Å²) < 4.78 is 5.67. The molecule has 1 N–H and O–H groups in total. The van der Waals surface area contributed by atoms with Crippen molar-refractivity contribution in [1.29, 1.82) is 0 Å². The van der Waals surface area contributed by atoms with E-state index in [1.54, 1.807) is 24.1 Å². The van der Waals surface area contributed by atoms with E-state index in [1.807, 2.05) is 31.2 Å². The number of carbonyl (C=O) groups is 1.